The Kier molecular flexibility index (Phi) is 3.30. The van der Waals surface area contributed by atoms with E-state index >= 15 is 0 Å². The number of nitrogens with zero attached hydrogens (tertiary/aromatic N) is 2. The number of aliphatic hydroxyl groups is 1. The van der Waals surface area contributed by atoms with Crippen LogP contribution in [0.5, 0.6) is 0 Å². The lowest BCUT2D eigenvalue weighted by atomic mass is 9.87. The van der Waals surface area contributed by atoms with E-state index in [2.05, 4.69) is 16.5 Å². The SMILES string of the molecule is CCn1ccnc1CC1(O)CCOC(C)C1. The highest BCUT2D eigenvalue weighted by Gasteiger charge is 2.34. The summed E-state index contributed by atoms with van der Waals surface area (Å²) in [5, 5.41) is 10.5. The second kappa shape index (κ2) is 4.55. The molecule has 0 aliphatic carbocycles. The lowest BCUT2D eigenvalue weighted by Crippen LogP contribution is -2.42. The summed E-state index contributed by atoms with van der Waals surface area (Å²) < 4.78 is 7.54. The summed E-state index contributed by atoms with van der Waals surface area (Å²) in [6, 6.07) is 0. The average Bonchev–Trinajstić information content (AvgIpc) is 2.63. The predicted octanol–water partition coefficient (Wildman–Crippen LogP) is 1.38. The van der Waals surface area contributed by atoms with Crippen LogP contribution in [0.25, 0.3) is 0 Å². The molecule has 1 saturated heterocycles. The molecule has 1 aromatic heterocycles. The zero-order valence-electron chi connectivity index (χ0n) is 10.0. The second-order valence-electron chi connectivity index (χ2n) is 4.67. The van der Waals surface area contributed by atoms with Crippen LogP contribution < -0.4 is 0 Å². The Morgan fingerprint density at radius 3 is 3.19 bits per heavy atom. The smallest absolute Gasteiger partial charge is 0.111 e. The van der Waals surface area contributed by atoms with Gasteiger partial charge in [-0.15, -0.1) is 0 Å². The molecule has 16 heavy (non-hydrogen) atoms. The van der Waals surface area contributed by atoms with Crippen LogP contribution in [0.4, 0.5) is 0 Å². The molecule has 1 aromatic rings. The van der Waals surface area contributed by atoms with E-state index in [9.17, 15) is 5.11 Å². The maximum Gasteiger partial charge on any atom is 0.111 e. The minimum atomic E-state index is -0.643. The summed E-state index contributed by atoms with van der Waals surface area (Å²) in [5.41, 5.74) is -0.643. The Labute approximate surface area is 96.3 Å². The molecule has 1 aliphatic rings. The number of hydrogen-bond acceptors (Lipinski definition) is 3. The zero-order valence-corrected chi connectivity index (χ0v) is 10.0. The van der Waals surface area contributed by atoms with E-state index in [4.69, 9.17) is 4.74 Å². The van der Waals surface area contributed by atoms with Gasteiger partial charge in [0.15, 0.2) is 0 Å². The first-order chi connectivity index (χ1) is 7.63. The Morgan fingerprint density at radius 1 is 1.69 bits per heavy atom. The molecule has 1 fully saturated rings. The van der Waals surface area contributed by atoms with Crippen LogP contribution in [-0.2, 0) is 17.7 Å². The molecule has 4 nitrogen and oxygen atoms in total. The molecule has 4 heteroatoms. The molecule has 0 spiro atoms. The monoisotopic (exact) mass is 224 g/mol. The minimum Gasteiger partial charge on any atom is -0.389 e. The summed E-state index contributed by atoms with van der Waals surface area (Å²) in [6.07, 6.45) is 5.93. The van der Waals surface area contributed by atoms with Crippen molar-refractivity contribution >= 4 is 0 Å². The normalized spacial score (nSPS) is 30.6. The van der Waals surface area contributed by atoms with Gasteiger partial charge in [-0.25, -0.2) is 4.98 Å². The Bertz CT molecular complexity index is 351. The number of aromatic nitrogens is 2. The molecule has 1 aliphatic heterocycles. The van der Waals surface area contributed by atoms with Gasteiger partial charge in [0.1, 0.15) is 5.82 Å². The molecule has 0 radical (unpaired) electrons. The van der Waals surface area contributed by atoms with Crippen LogP contribution in [0.2, 0.25) is 0 Å². The molecule has 0 saturated carbocycles. The fourth-order valence-corrected chi connectivity index (χ4v) is 2.40. The molecule has 1 N–H and O–H groups in total. The predicted molar refractivity (Wildman–Crippen MR) is 61.2 cm³/mol. The first-order valence-electron chi connectivity index (χ1n) is 5.97. The molecule has 2 unspecified atom stereocenters. The van der Waals surface area contributed by atoms with Gasteiger partial charge >= 0.3 is 0 Å². The van der Waals surface area contributed by atoms with Gasteiger partial charge in [0.25, 0.3) is 0 Å². The maximum atomic E-state index is 10.5. The van der Waals surface area contributed by atoms with Crippen molar-refractivity contribution in [1.82, 2.24) is 9.55 Å². The van der Waals surface area contributed by atoms with Crippen molar-refractivity contribution in [1.29, 1.82) is 0 Å². The zero-order chi connectivity index (χ0) is 11.6. The van der Waals surface area contributed by atoms with E-state index < -0.39 is 5.60 Å². The van der Waals surface area contributed by atoms with E-state index in [1.807, 2.05) is 13.1 Å². The number of imidazole rings is 1. The highest BCUT2D eigenvalue weighted by Crippen LogP contribution is 2.27. The Balaban J connectivity index is 2.08. The van der Waals surface area contributed by atoms with Gasteiger partial charge in [0.05, 0.1) is 11.7 Å². The quantitative estimate of drug-likeness (QED) is 0.843. The molecule has 2 rings (SSSR count). The molecular formula is C12H20N2O2. The molecule has 0 aromatic carbocycles. The summed E-state index contributed by atoms with van der Waals surface area (Å²) in [6.45, 7) is 5.64. The first kappa shape index (κ1) is 11.6. The van der Waals surface area contributed by atoms with Gasteiger partial charge in [-0.3, -0.25) is 0 Å². The highest BCUT2D eigenvalue weighted by atomic mass is 16.5. The standard InChI is InChI=1S/C12H20N2O2/c1-3-14-6-5-13-11(14)9-12(15)4-7-16-10(2)8-12/h5-6,10,15H,3-4,7-9H2,1-2H3. The van der Waals surface area contributed by atoms with Crippen molar-refractivity contribution in [2.45, 2.75) is 51.4 Å². The fourth-order valence-electron chi connectivity index (χ4n) is 2.40. The van der Waals surface area contributed by atoms with Crippen LogP contribution in [-0.4, -0.2) is 33.0 Å². The third-order valence-electron chi connectivity index (χ3n) is 3.27. The summed E-state index contributed by atoms with van der Waals surface area (Å²) in [5.74, 6) is 0.971. The van der Waals surface area contributed by atoms with Crippen molar-refractivity contribution in [3.63, 3.8) is 0 Å². The van der Waals surface area contributed by atoms with Crippen molar-refractivity contribution in [3.8, 4) is 0 Å². The third kappa shape index (κ3) is 2.44. The van der Waals surface area contributed by atoms with Crippen molar-refractivity contribution in [2.24, 2.45) is 0 Å². The van der Waals surface area contributed by atoms with Gasteiger partial charge in [0.2, 0.25) is 0 Å². The lowest BCUT2D eigenvalue weighted by Gasteiger charge is -2.35. The van der Waals surface area contributed by atoms with Crippen LogP contribution in [0.15, 0.2) is 12.4 Å². The van der Waals surface area contributed by atoms with E-state index in [0.29, 0.717) is 25.9 Å². The van der Waals surface area contributed by atoms with E-state index in [-0.39, 0.29) is 6.10 Å². The van der Waals surface area contributed by atoms with Crippen molar-refractivity contribution in [2.75, 3.05) is 6.61 Å². The average molecular weight is 224 g/mol. The topological polar surface area (TPSA) is 47.3 Å². The first-order valence-corrected chi connectivity index (χ1v) is 5.97. The van der Waals surface area contributed by atoms with Gasteiger partial charge in [-0.05, 0) is 13.8 Å². The molecule has 2 atom stereocenters. The highest BCUT2D eigenvalue weighted by molar-refractivity contribution is 5.00. The van der Waals surface area contributed by atoms with Gasteiger partial charge in [-0.2, -0.15) is 0 Å². The second-order valence-corrected chi connectivity index (χ2v) is 4.67. The van der Waals surface area contributed by atoms with Gasteiger partial charge in [-0.1, -0.05) is 0 Å². The summed E-state index contributed by atoms with van der Waals surface area (Å²) in [7, 11) is 0. The van der Waals surface area contributed by atoms with Crippen molar-refractivity contribution < 1.29 is 9.84 Å². The molecule has 0 amide bonds. The number of rotatable bonds is 3. The van der Waals surface area contributed by atoms with Gasteiger partial charge in [0, 0.05) is 44.8 Å². The minimum absolute atomic E-state index is 0.142. The van der Waals surface area contributed by atoms with E-state index in [0.717, 1.165) is 12.4 Å². The molecular weight excluding hydrogens is 204 g/mol. The van der Waals surface area contributed by atoms with Gasteiger partial charge < -0.3 is 14.4 Å². The third-order valence-corrected chi connectivity index (χ3v) is 3.27. The maximum absolute atomic E-state index is 10.5. The van der Waals surface area contributed by atoms with Crippen LogP contribution in [0.1, 0.15) is 32.5 Å². The molecule has 0 bridgehead atoms. The molecule has 2 heterocycles. The summed E-state index contributed by atoms with van der Waals surface area (Å²) >= 11 is 0. The number of ether oxygens (including phenoxy) is 1. The molecule has 90 valence electrons. The van der Waals surface area contributed by atoms with E-state index in [1.165, 1.54) is 0 Å². The number of aryl methyl sites for hydroxylation is 1. The number of hydrogen-bond donors (Lipinski definition) is 1. The fraction of sp³-hybridized carbons (Fsp3) is 0.750. The largest absolute Gasteiger partial charge is 0.389 e. The Morgan fingerprint density at radius 2 is 2.50 bits per heavy atom. The Hall–Kier alpha value is -0.870. The van der Waals surface area contributed by atoms with Crippen LogP contribution >= 0.6 is 0 Å². The van der Waals surface area contributed by atoms with Crippen LogP contribution in [0, 0.1) is 0 Å². The lowest BCUT2D eigenvalue weighted by molar-refractivity contribution is -0.0971. The van der Waals surface area contributed by atoms with Crippen LogP contribution in [0.3, 0.4) is 0 Å². The van der Waals surface area contributed by atoms with Crippen molar-refractivity contribution in [3.05, 3.63) is 18.2 Å². The van der Waals surface area contributed by atoms with E-state index in [1.54, 1.807) is 6.20 Å². The summed E-state index contributed by atoms with van der Waals surface area (Å²) in [4.78, 5) is 4.31.